The Labute approximate surface area is 170 Å². The number of rotatable bonds is 7. The average Bonchev–Trinajstić information content (AvgIpc) is 2.72. The van der Waals surface area contributed by atoms with Crippen LogP contribution in [0.15, 0.2) is 53.5 Å². The van der Waals surface area contributed by atoms with Crippen molar-refractivity contribution in [3.8, 4) is 11.5 Å². The van der Waals surface area contributed by atoms with Gasteiger partial charge in [0.15, 0.2) is 11.5 Å². The minimum absolute atomic E-state index is 0.0991. The molecule has 156 valence electrons. The monoisotopic (exact) mass is 416 g/mol. The first-order valence-electron chi connectivity index (χ1n) is 8.83. The number of esters is 1. The summed E-state index contributed by atoms with van der Waals surface area (Å²) < 4.78 is 40.6. The van der Waals surface area contributed by atoms with E-state index in [1.807, 2.05) is 13.0 Å². The van der Waals surface area contributed by atoms with Gasteiger partial charge in [0.2, 0.25) is 0 Å². The van der Waals surface area contributed by atoms with Crippen molar-refractivity contribution in [3.05, 3.63) is 75.8 Å². The number of hydrogen-bond donors (Lipinski definition) is 0. The molecule has 0 aliphatic heterocycles. The first-order valence-corrected chi connectivity index (χ1v) is 8.83. The molecule has 3 rings (SSSR count). The number of methoxy groups -OCH3 is 1. The fraction of sp³-hybridized carbons (Fsp3) is 0.190. The van der Waals surface area contributed by atoms with E-state index in [2.05, 4.69) is 9.72 Å². The molecule has 0 fully saturated rings. The van der Waals surface area contributed by atoms with E-state index < -0.39 is 12.6 Å². The van der Waals surface area contributed by atoms with Crippen LogP contribution >= 0.6 is 0 Å². The Bertz CT molecular complexity index is 1160. The molecule has 30 heavy (non-hydrogen) atoms. The molecule has 0 saturated heterocycles. The summed E-state index contributed by atoms with van der Waals surface area (Å²) in [6.07, 6.45) is 4.22. The van der Waals surface area contributed by atoms with Gasteiger partial charge < -0.3 is 14.2 Å². The molecule has 0 aliphatic carbocycles. The van der Waals surface area contributed by atoms with Crippen LogP contribution in [0.2, 0.25) is 0 Å². The van der Waals surface area contributed by atoms with Gasteiger partial charge in [-0.05, 0) is 42.3 Å². The zero-order chi connectivity index (χ0) is 21.7. The van der Waals surface area contributed by atoms with Crippen molar-refractivity contribution in [2.24, 2.45) is 0 Å². The minimum Gasteiger partial charge on any atom is -0.493 e. The van der Waals surface area contributed by atoms with Crippen LogP contribution in [0.1, 0.15) is 16.8 Å². The Balaban J connectivity index is 1.67. The SMILES string of the molecule is COc1cc(/C=C/C(=O)OCc2cc(=O)n3cccc(C)c3n2)ccc1OC(F)F. The molecule has 9 heteroatoms. The highest BCUT2D eigenvalue weighted by atomic mass is 19.3. The second-order valence-corrected chi connectivity index (χ2v) is 6.20. The third-order valence-corrected chi connectivity index (χ3v) is 4.12. The van der Waals surface area contributed by atoms with Crippen molar-refractivity contribution < 1.29 is 27.8 Å². The van der Waals surface area contributed by atoms with Crippen LogP contribution in [0.3, 0.4) is 0 Å². The Morgan fingerprint density at radius 1 is 1.23 bits per heavy atom. The number of ether oxygens (including phenoxy) is 3. The predicted molar refractivity (Wildman–Crippen MR) is 105 cm³/mol. The van der Waals surface area contributed by atoms with E-state index in [0.29, 0.717) is 16.9 Å². The lowest BCUT2D eigenvalue weighted by atomic mass is 10.2. The predicted octanol–water partition coefficient (Wildman–Crippen LogP) is 3.37. The third-order valence-electron chi connectivity index (χ3n) is 4.12. The summed E-state index contributed by atoms with van der Waals surface area (Å²) >= 11 is 0. The van der Waals surface area contributed by atoms with Crippen LogP contribution in [0.4, 0.5) is 8.78 Å². The summed E-state index contributed by atoms with van der Waals surface area (Å²) in [4.78, 5) is 28.5. The number of aryl methyl sites for hydroxylation is 1. The third kappa shape index (κ3) is 4.99. The highest BCUT2D eigenvalue weighted by Gasteiger charge is 2.11. The van der Waals surface area contributed by atoms with Gasteiger partial charge >= 0.3 is 12.6 Å². The average molecular weight is 416 g/mol. The van der Waals surface area contributed by atoms with E-state index in [0.717, 1.165) is 5.56 Å². The summed E-state index contributed by atoms with van der Waals surface area (Å²) in [6, 6.07) is 9.11. The first-order chi connectivity index (χ1) is 14.4. The van der Waals surface area contributed by atoms with Gasteiger partial charge in [0.05, 0.1) is 12.8 Å². The van der Waals surface area contributed by atoms with Gasteiger partial charge in [0.1, 0.15) is 12.3 Å². The lowest BCUT2D eigenvalue weighted by Crippen LogP contribution is -2.17. The molecule has 0 atom stereocenters. The van der Waals surface area contributed by atoms with Crippen molar-refractivity contribution >= 4 is 17.7 Å². The number of pyridine rings is 1. The Hall–Kier alpha value is -3.75. The molecular formula is C21H18F2N2O5. The van der Waals surface area contributed by atoms with Gasteiger partial charge in [-0.2, -0.15) is 8.78 Å². The number of hydrogen-bond acceptors (Lipinski definition) is 6. The number of benzene rings is 1. The van der Waals surface area contributed by atoms with Crippen molar-refractivity contribution in [3.63, 3.8) is 0 Å². The van der Waals surface area contributed by atoms with E-state index in [4.69, 9.17) is 9.47 Å². The molecule has 1 aromatic carbocycles. The Morgan fingerprint density at radius 3 is 2.77 bits per heavy atom. The number of halogens is 2. The summed E-state index contributed by atoms with van der Waals surface area (Å²) in [5, 5.41) is 0. The van der Waals surface area contributed by atoms with E-state index in [-0.39, 0.29) is 23.7 Å². The molecule has 0 N–H and O–H groups in total. The minimum atomic E-state index is -2.98. The molecule has 2 aromatic heterocycles. The van der Waals surface area contributed by atoms with Crippen LogP contribution in [0, 0.1) is 6.92 Å². The molecule has 0 radical (unpaired) electrons. The maximum absolute atomic E-state index is 12.4. The van der Waals surface area contributed by atoms with Crippen molar-refractivity contribution in [2.75, 3.05) is 7.11 Å². The van der Waals surface area contributed by atoms with Gasteiger partial charge in [-0.25, -0.2) is 9.78 Å². The number of carbonyl (C=O) groups excluding carboxylic acids is 1. The summed E-state index contributed by atoms with van der Waals surface area (Å²) in [6.45, 7) is -1.32. The Morgan fingerprint density at radius 2 is 2.03 bits per heavy atom. The lowest BCUT2D eigenvalue weighted by Gasteiger charge is -2.10. The number of aromatic nitrogens is 2. The van der Waals surface area contributed by atoms with Crippen LogP contribution in [0.5, 0.6) is 11.5 Å². The summed E-state index contributed by atoms with van der Waals surface area (Å²) in [5.74, 6) is -0.674. The number of carbonyl (C=O) groups is 1. The van der Waals surface area contributed by atoms with Gasteiger partial charge in [-0.3, -0.25) is 9.20 Å². The summed E-state index contributed by atoms with van der Waals surface area (Å²) in [5.41, 5.74) is 1.87. The van der Waals surface area contributed by atoms with Gasteiger partial charge in [0.25, 0.3) is 5.56 Å². The highest BCUT2D eigenvalue weighted by Crippen LogP contribution is 2.29. The molecule has 7 nitrogen and oxygen atoms in total. The first kappa shape index (κ1) is 21.0. The second kappa shape index (κ2) is 9.17. The summed E-state index contributed by atoms with van der Waals surface area (Å²) in [7, 11) is 1.32. The van der Waals surface area contributed by atoms with Crippen LogP contribution in [-0.4, -0.2) is 29.1 Å². The fourth-order valence-electron chi connectivity index (χ4n) is 2.72. The number of fused-ring (bicyclic) bond motifs is 1. The number of nitrogens with zero attached hydrogens (tertiary/aromatic N) is 2. The maximum atomic E-state index is 12.4. The highest BCUT2D eigenvalue weighted by molar-refractivity contribution is 5.87. The molecule has 0 saturated carbocycles. The van der Waals surface area contributed by atoms with Gasteiger partial charge in [0, 0.05) is 18.3 Å². The van der Waals surface area contributed by atoms with E-state index in [1.54, 1.807) is 12.3 Å². The molecule has 0 amide bonds. The Kier molecular flexibility index (Phi) is 6.41. The molecule has 3 aromatic rings. The van der Waals surface area contributed by atoms with E-state index in [1.165, 1.54) is 47.9 Å². The molecule has 0 bridgehead atoms. The van der Waals surface area contributed by atoms with Crippen molar-refractivity contribution in [1.82, 2.24) is 9.38 Å². The normalized spacial score (nSPS) is 11.2. The lowest BCUT2D eigenvalue weighted by molar-refractivity contribution is -0.139. The second-order valence-electron chi connectivity index (χ2n) is 6.20. The maximum Gasteiger partial charge on any atom is 0.387 e. The zero-order valence-corrected chi connectivity index (χ0v) is 16.2. The zero-order valence-electron chi connectivity index (χ0n) is 16.2. The smallest absolute Gasteiger partial charge is 0.387 e. The largest absolute Gasteiger partial charge is 0.493 e. The van der Waals surface area contributed by atoms with Gasteiger partial charge in [-0.15, -0.1) is 0 Å². The van der Waals surface area contributed by atoms with Crippen molar-refractivity contribution in [1.29, 1.82) is 0 Å². The van der Waals surface area contributed by atoms with E-state index >= 15 is 0 Å². The molecule has 0 aliphatic rings. The quantitative estimate of drug-likeness (QED) is 0.434. The molecule has 2 heterocycles. The molecule has 0 spiro atoms. The fourth-order valence-corrected chi connectivity index (χ4v) is 2.72. The van der Waals surface area contributed by atoms with Gasteiger partial charge in [-0.1, -0.05) is 12.1 Å². The van der Waals surface area contributed by atoms with Crippen LogP contribution in [0.25, 0.3) is 11.7 Å². The van der Waals surface area contributed by atoms with E-state index in [9.17, 15) is 18.4 Å². The van der Waals surface area contributed by atoms with Crippen LogP contribution in [-0.2, 0) is 16.1 Å². The molecular weight excluding hydrogens is 398 g/mol. The standard InChI is InChI=1S/C21H18F2N2O5/c1-13-4-3-9-25-18(26)11-15(24-20(13)25)12-29-19(27)8-6-14-5-7-16(30-21(22)23)17(10-14)28-2/h3-11,21H,12H2,1-2H3/b8-6+. The number of alkyl halides is 2. The van der Waals surface area contributed by atoms with Crippen molar-refractivity contribution in [2.45, 2.75) is 20.1 Å². The topological polar surface area (TPSA) is 79.1 Å². The van der Waals surface area contributed by atoms with Crippen LogP contribution < -0.4 is 15.0 Å². The molecule has 0 unspecified atom stereocenters.